The van der Waals surface area contributed by atoms with Crippen LogP contribution in [0.3, 0.4) is 0 Å². The second-order valence-electron chi connectivity index (χ2n) is 10.0. The van der Waals surface area contributed by atoms with Gasteiger partial charge in [0.05, 0.1) is 25.9 Å². The Bertz CT molecular complexity index is 1710. The number of aliphatic hydroxyl groups excluding tert-OH is 1. The number of ketones is 1. The maximum atomic E-state index is 13.1. The van der Waals surface area contributed by atoms with E-state index in [9.17, 15) is 28.8 Å². The molecular formula is C21H24N8O12P2. The lowest BCUT2D eigenvalue weighted by atomic mass is 10.1. The second-order valence-corrected chi connectivity index (χ2v) is 12.8. The Kier molecular flexibility index (Phi) is 7.07. The van der Waals surface area contributed by atoms with Gasteiger partial charge in [-0.05, 0) is 0 Å². The molecule has 4 aliphatic heterocycles. The maximum absolute atomic E-state index is 13.1. The predicted molar refractivity (Wildman–Crippen MR) is 139 cm³/mol. The fourth-order valence-corrected chi connectivity index (χ4v) is 7.20. The predicted octanol–water partition coefficient (Wildman–Crippen LogP) is 0.158. The lowest BCUT2D eigenvalue weighted by Crippen LogP contribution is -2.35. The quantitative estimate of drug-likeness (QED) is 0.271. The molecule has 7 heterocycles. The fraction of sp³-hybridized carbons (Fsp3) is 0.524. The maximum Gasteiger partial charge on any atom is 0.472 e. The number of rotatable bonds is 2. The number of aliphatic imine (C=N–C) groups is 1. The third-order valence-corrected chi connectivity index (χ3v) is 9.31. The van der Waals surface area contributed by atoms with E-state index < -0.39 is 71.8 Å². The number of phosphoric ester groups is 2. The first-order valence-corrected chi connectivity index (χ1v) is 15.8. The molecule has 22 heteroatoms. The van der Waals surface area contributed by atoms with Gasteiger partial charge >= 0.3 is 15.6 Å². The van der Waals surface area contributed by atoms with Crippen molar-refractivity contribution in [2.24, 2.45) is 4.99 Å². The van der Waals surface area contributed by atoms with Crippen molar-refractivity contribution < 1.29 is 56.4 Å². The summed E-state index contributed by atoms with van der Waals surface area (Å²) < 4.78 is 61.9. The highest BCUT2D eigenvalue weighted by molar-refractivity contribution is 7.47. The minimum Gasteiger partial charge on any atom is -0.387 e. The number of phosphoric acid groups is 2. The molecule has 3 aromatic rings. The number of nitrogens with zero attached hydrogens (tertiary/aromatic N) is 7. The average molecular weight is 642 g/mol. The Balaban J connectivity index is 1.17. The molecule has 0 amide bonds. The number of nitrogen functional groups attached to an aromatic ring is 1. The minimum absolute atomic E-state index is 0.0512. The Labute approximate surface area is 240 Å². The van der Waals surface area contributed by atoms with Gasteiger partial charge in [-0.25, -0.2) is 34.1 Å². The van der Waals surface area contributed by atoms with Gasteiger partial charge in [0.1, 0.15) is 48.6 Å². The smallest absolute Gasteiger partial charge is 0.387 e. The van der Waals surface area contributed by atoms with Crippen molar-refractivity contribution in [3.63, 3.8) is 0 Å². The molecule has 0 spiro atoms. The number of aromatic nitrogens is 6. The number of hydrogen-bond donors (Lipinski definition) is 4. The first kappa shape index (κ1) is 28.8. The zero-order valence-electron chi connectivity index (χ0n) is 21.8. The summed E-state index contributed by atoms with van der Waals surface area (Å²) in [6.45, 7) is -1.33. The molecule has 7 rings (SSSR count). The monoisotopic (exact) mass is 642 g/mol. The molecule has 0 radical (unpaired) electrons. The number of anilines is 1. The van der Waals surface area contributed by atoms with Crippen molar-refractivity contribution in [1.82, 2.24) is 29.1 Å². The van der Waals surface area contributed by atoms with Crippen molar-refractivity contribution in [3.05, 3.63) is 24.7 Å². The molecule has 3 fully saturated rings. The van der Waals surface area contributed by atoms with Crippen molar-refractivity contribution in [2.75, 3.05) is 18.9 Å². The molecule has 0 aliphatic carbocycles. The summed E-state index contributed by atoms with van der Waals surface area (Å²) in [5.74, 6) is 0.0335. The molecule has 4 aliphatic rings. The molecule has 2 bridgehead atoms. The van der Waals surface area contributed by atoms with E-state index >= 15 is 0 Å². The van der Waals surface area contributed by atoms with Gasteiger partial charge in [0.2, 0.25) is 0 Å². The summed E-state index contributed by atoms with van der Waals surface area (Å²) in [4.78, 5) is 53.8. The van der Waals surface area contributed by atoms with Crippen molar-refractivity contribution in [1.29, 1.82) is 0 Å². The van der Waals surface area contributed by atoms with Gasteiger partial charge in [0.25, 0.3) is 0 Å². The topological polar surface area (TPSA) is 267 Å². The Morgan fingerprint density at radius 3 is 2.49 bits per heavy atom. The molecule has 0 aromatic carbocycles. The van der Waals surface area contributed by atoms with E-state index in [1.54, 1.807) is 0 Å². The van der Waals surface area contributed by atoms with Crippen LogP contribution in [0.15, 0.2) is 24.0 Å². The van der Waals surface area contributed by atoms with E-state index in [0.717, 1.165) is 6.33 Å². The van der Waals surface area contributed by atoms with Crippen LogP contribution in [-0.4, -0.2) is 99.7 Å². The van der Waals surface area contributed by atoms with Crippen LogP contribution in [0.5, 0.6) is 0 Å². The van der Waals surface area contributed by atoms with Crippen LogP contribution in [0.1, 0.15) is 35.8 Å². The third-order valence-electron chi connectivity index (χ3n) is 7.31. The molecule has 43 heavy (non-hydrogen) atoms. The summed E-state index contributed by atoms with van der Waals surface area (Å²) in [7, 11) is -9.80. The number of aliphatic hydroxyl groups is 1. The summed E-state index contributed by atoms with van der Waals surface area (Å²) in [5, 5.41) is 11.0. The molecule has 3 aromatic heterocycles. The van der Waals surface area contributed by atoms with Crippen LogP contribution in [0.4, 0.5) is 11.6 Å². The molecule has 0 saturated carbocycles. The van der Waals surface area contributed by atoms with Crippen LogP contribution in [0, 0.1) is 0 Å². The summed E-state index contributed by atoms with van der Waals surface area (Å²) in [6.07, 6.45) is -3.98. The van der Waals surface area contributed by atoms with Crippen molar-refractivity contribution in [3.8, 4) is 0 Å². The lowest BCUT2D eigenvalue weighted by molar-refractivity contribution is -0.0672. The standard InChI is InChI=1S/C21H24N8O12P2/c22-18-15-20(25-6-24-18)29(8-27-15)21-17-16(31)12(39-21)5-37-42(32,33)40-10-3-13(38-11(10)4-36-43(34,35)41-17)28-7-26-14-9(30)1-2-23-19(14)28/h2,6-8,10-13,16-17,21,31H,1,3-5H2,(H,32,33)(H,34,35)(H2,22,24,25)/t10-,11+,12+,13+,16+,17+,21+/m0/s1. The molecule has 5 N–H and O–H groups in total. The van der Waals surface area contributed by atoms with Gasteiger partial charge in [-0.1, -0.05) is 0 Å². The normalized spacial score (nSPS) is 38.3. The Morgan fingerprint density at radius 1 is 0.930 bits per heavy atom. The lowest BCUT2D eigenvalue weighted by Gasteiger charge is -2.25. The van der Waals surface area contributed by atoms with Crippen LogP contribution >= 0.6 is 15.6 Å². The van der Waals surface area contributed by atoms with Crippen molar-refractivity contribution in [2.45, 2.75) is 55.8 Å². The number of fused-ring (bicyclic) bond motifs is 5. The number of carbonyl (C=O) groups excluding carboxylic acids is 1. The van der Waals surface area contributed by atoms with Crippen LogP contribution < -0.4 is 5.73 Å². The van der Waals surface area contributed by atoms with E-state index in [-0.39, 0.29) is 47.1 Å². The van der Waals surface area contributed by atoms with Crippen molar-refractivity contribution >= 4 is 50.4 Å². The van der Waals surface area contributed by atoms with Gasteiger partial charge in [-0.15, -0.1) is 0 Å². The Hall–Kier alpha value is -3.00. The van der Waals surface area contributed by atoms with E-state index in [0.29, 0.717) is 0 Å². The largest absolute Gasteiger partial charge is 0.472 e. The van der Waals surface area contributed by atoms with Gasteiger partial charge in [-0.2, -0.15) is 0 Å². The number of imidazole rings is 2. The van der Waals surface area contributed by atoms with E-state index in [2.05, 4.69) is 24.9 Å². The van der Waals surface area contributed by atoms with Gasteiger partial charge < -0.3 is 30.1 Å². The average Bonchev–Trinajstić information content (AvgIpc) is 3.72. The first-order valence-electron chi connectivity index (χ1n) is 12.9. The third kappa shape index (κ3) is 5.23. The van der Waals surface area contributed by atoms with Crippen LogP contribution in [0.2, 0.25) is 0 Å². The van der Waals surface area contributed by atoms with Crippen LogP contribution in [0.25, 0.3) is 11.2 Å². The van der Waals surface area contributed by atoms with E-state index in [1.807, 2.05) is 0 Å². The number of ether oxygens (including phenoxy) is 2. The number of nitrogens with two attached hydrogens (primary N) is 1. The highest BCUT2D eigenvalue weighted by Crippen LogP contribution is 2.53. The molecule has 230 valence electrons. The summed E-state index contributed by atoms with van der Waals surface area (Å²) in [6, 6.07) is 0. The van der Waals surface area contributed by atoms with Gasteiger partial charge in [-0.3, -0.25) is 32.0 Å². The zero-order valence-corrected chi connectivity index (χ0v) is 23.6. The molecule has 3 saturated heterocycles. The molecular weight excluding hydrogens is 618 g/mol. The Morgan fingerprint density at radius 2 is 1.67 bits per heavy atom. The van der Waals surface area contributed by atoms with Gasteiger partial charge in [0.15, 0.2) is 35.0 Å². The number of hydrogen-bond acceptors (Lipinski definition) is 16. The molecule has 9 atom stereocenters. The van der Waals surface area contributed by atoms with Gasteiger partial charge in [0, 0.05) is 19.1 Å². The zero-order chi connectivity index (χ0) is 30.1. The molecule has 20 nitrogen and oxygen atoms in total. The summed E-state index contributed by atoms with van der Waals surface area (Å²) in [5.41, 5.74) is 6.34. The van der Waals surface area contributed by atoms with E-state index in [1.165, 1.54) is 28.0 Å². The summed E-state index contributed by atoms with van der Waals surface area (Å²) >= 11 is 0. The highest BCUT2D eigenvalue weighted by Gasteiger charge is 2.52. The SMILES string of the molecule is Nc1ncnc2c1ncn2[C@@H]1O[C@@H]2COP(=O)(O)O[C@H]3C[C@H](n4cnc5c4N=CCC5=O)O[C@@H]3COP(=O)(O)O[C@@H]1[C@@H]2O. The first-order chi connectivity index (χ1) is 20.5. The highest BCUT2D eigenvalue weighted by atomic mass is 31.2. The molecule has 2 unspecified atom stereocenters. The number of Topliss-reactive ketones (excluding diaryl/α,β-unsaturated/α-hetero) is 1. The van der Waals surface area contributed by atoms with Crippen LogP contribution in [-0.2, 0) is 36.7 Å². The second kappa shape index (κ2) is 10.6. The van der Waals surface area contributed by atoms with E-state index in [4.69, 9.17) is 33.3 Å². The number of carbonyl (C=O) groups is 1. The fourth-order valence-electron chi connectivity index (χ4n) is 5.30. The minimum atomic E-state index is -4.96.